The van der Waals surface area contributed by atoms with Crippen LogP contribution in [0.15, 0.2) is 66.9 Å². The van der Waals surface area contributed by atoms with Crippen LogP contribution in [0.2, 0.25) is 0 Å². The van der Waals surface area contributed by atoms with E-state index in [1.807, 2.05) is 42.6 Å². The van der Waals surface area contributed by atoms with Gasteiger partial charge in [-0.2, -0.15) is 0 Å². The third-order valence-electron chi connectivity index (χ3n) is 4.00. The van der Waals surface area contributed by atoms with E-state index in [0.29, 0.717) is 6.42 Å². The van der Waals surface area contributed by atoms with Gasteiger partial charge in [0.1, 0.15) is 11.6 Å². The number of rotatable bonds is 4. The minimum Gasteiger partial charge on any atom is -0.497 e. The predicted octanol–water partition coefficient (Wildman–Crippen LogP) is 4.22. The number of fused-ring (bicyclic) bond motifs is 1. The van der Waals surface area contributed by atoms with Crippen LogP contribution in [0, 0.1) is 0 Å². The lowest BCUT2D eigenvalue weighted by Crippen LogP contribution is -1.91. The molecule has 0 spiro atoms. The van der Waals surface area contributed by atoms with Crippen LogP contribution in [0.3, 0.4) is 0 Å². The molecule has 0 aliphatic carbocycles. The minimum atomic E-state index is 0.716. The number of hydrogen-bond donors (Lipinski definition) is 1. The van der Waals surface area contributed by atoms with Gasteiger partial charge in [-0.1, -0.05) is 42.5 Å². The summed E-state index contributed by atoms with van der Waals surface area (Å²) in [7, 11) is 1.68. The van der Waals surface area contributed by atoms with Crippen molar-refractivity contribution in [2.75, 3.05) is 7.11 Å². The first-order valence-corrected chi connectivity index (χ1v) is 7.85. The number of H-pyrrole nitrogens is 1. The Hall–Kier alpha value is -3.14. The molecule has 0 aliphatic rings. The van der Waals surface area contributed by atoms with Gasteiger partial charge in [-0.15, -0.1) is 0 Å². The van der Waals surface area contributed by atoms with Crippen molar-refractivity contribution in [3.8, 4) is 16.9 Å². The molecule has 0 saturated heterocycles. The van der Waals surface area contributed by atoms with E-state index in [2.05, 4.69) is 39.2 Å². The molecule has 0 atom stereocenters. The fourth-order valence-corrected chi connectivity index (χ4v) is 2.80. The van der Waals surface area contributed by atoms with Crippen LogP contribution < -0.4 is 4.74 Å². The molecule has 2 aromatic heterocycles. The molecule has 4 heteroatoms. The second-order valence-electron chi connectivity index (χ2n) is 5.67. The second-order valence-corrected chi connectivity index (χ2v) is 5.67. The lowest BCUT2D eigenvalue weighted by molar-refractivity contribution is 0.414. The first kappa shape index (κ1) is 14.5. The highest BCUT2D eigenvalue weighted by Crippen LogP contribution is 2.22. The van der Waals surface area contributed by atoms with Crippen LogP contribution in [0.25, 0.3) is 22.3 Å². The highest BCUT2D eigenvalue weighted by atomic mass is 16.5. The first-order chi connectivity index (χ1) is 11.8. The van der Waals surface area contributed by atoms with E-state index in [4.69, 9.17) is 4.74 Å². The fraction of sp³-hybridized carbons (Fsp3) is 0.100. The molecule has 4 aromatic rings. The SMILES string of the molecule is COc1cccc(Cc2nc3ncc(-c4ccccc4)cc3[nH]2)c1. The monoisotopic (exact) mass is 315 g/mol. The molecular weight excluding hydrogens is 298 g/mol. The molecule has 0 amide bonds. The van der Waals surface area contributed by atoms with Crippen molar-refractivity contribution in [1.82, 2.24) is 15.0 Å². The lowest BCUT2D eigenvalue weighted by Gasteiger charge is -2.02. The summed E-state index contributed by atoms with van der Waals surface area (Å²) in [6, 6.07) is 20.3. The average Bonchev–Trinajstić information content (AvgIpc) is 3.04. The first-order valence-electron chi connectivity index (χ1n) is 7.85. The number of pyridine rings is 1. The number of imidazole rings is 1. The standard InChI is InChI=1S/C20H17N3O/c1-24-17-9-5-6-14(10-17)11-19-22-18-12-16(13-21-20(18)23-19)15-7-3-2-4-8-15/h2-10,12-13H,11H2,1H3,(H,21,22,23). The highest BCUT2D eigenvalue weighted by molar-refractivity contribution is 5.78. The Labute approximate surface area is 140 Å². The van der Waals surface area contributed by atoms with Gasteiger partial charge in [0.05, 0.1) is 12.6 Å². The highest BCUT2D eigenvalue weighted by Gasteiger charge is 2.07. The quantitative estimate of drug-likeness (QED) is 0.613. The molecule has 0 aliphatic heterocycles. The number of hydrogen-bond acceptors (Lipinski definition) is 3. The molecule has 24 heavy (non-hydrogen) atoms. The van der Waals surface area contributed by atoms with E-state index in [1.54, 1.807) is 7.11 Å². The molecule has 4 nitrogen and oxygen atoms in total. The zero-order valence-electron chi connectivity index (χ0n) is 13.4. The van der Waals surface area contributed by atoms with Gasteiger partial charge in [0.25, 0.3) is 0 Å². The maximum absolute atomic E-state index is 5.27. The molecule has 4 rings (SSSR count). The number of nitrogens with one attached hydrogen (secondary N) is 1. The molecule has 0 saturated carbocycles. The summed E-state index contributed by atoms with van der Waals surface area (Å²) < 4.78 is 5.27. The number of aromatic amines is 1. The summed E-state index contributed by atoms with van der Waals surface area (Å²) >= 11 is 0. The molecule has 2 heterocycles. The predicted molar refractivity (Wildman–Crippen MR) is 95.1 cm³/mol. The number of benzene rings is 2. The third kappa shape index (κ3) is 2.86. The minimum absolute atomic E-state index is 0.716. The van der Waals surface area contributed by atoms with Gasteiger partial charge < -0.3 is 9.72 Å². The van der Waals surface area contributed by atoms with Gasteiger partial charge in [-0.3, -0.25) is 0 Å². The van der Waals surface area contributed by atoms with Crippen LogP contribution >= 0.6 is 0 Å². The molecular formula is C20H17N3O. The second kappa shape index (κ2) is 6.16. The zero-order chi connectivity index (χ0) is 16.4. The summed E-state index contributed by atoms with van der Waals surface area (Å²) in [6.45, 7) is 0. The van der Waals surface area contributed by atoms with E-state index in [-0.39, 0.29) is 0 Å². The van der Waals surface area contributed by atoms with Gasteiger partial charge in [0.2, 0.25) is 0 Å². The zero-order valence-corrected chi connectivity index (χ0v) is 13.4. The van der Waals surface area contributed by atoms with Crippen molar-refractivity contribution in [3.63, 3.8) is 0 Å². The lowest BCUT2D eigenvalue weighted by atomic mass is 10.1. The van der Waals surface area contributed by atoms with E-state index in [0.717, 1.165) is 39.4 Å². The Morgan fingerprint density at radius 3 is 2.67 bits per heavy atom. The van der Waals surface area contributed by atoms with Crippen molar-refractivity contribution in [3.05, 3.63) is 78.2 Å². The molecule has 1 N–H and O–H groups in total. The molecule has 0 bridgehead atoms. The van der Waals surface area contributed by atoms with Crippen LogP contribution in [-0.2, 0) is 6.42 Å². The van der Waals surface area contributed by atoms with Crippen molar-refractivity contribution < 1.29 is 4.74 Å². The number of aromatic nitrogens is 3. The fourth-order valence-electron chi connectivity index (χ4n) is 2.80. The number of methoxy groups -OCH3 is 1. The van der Waals surface area contributed by atoms with Crippen molar-refractivity contribution >= 4 is 11.2 Å². The summed E-state index contributed by atoms with van der Waals surface area (Å²) in [5.74, 6) is 1.75. The summed E-state index contributed by atoms with van der Waals surface area (Å²) in [5, 5.41) is 0. The average molecular weight is 315 g/mol. The normalized spacial score (nSPS) is 10.9. The maximum Gasteiger partial charge on any atom is 0.177 e. The maximum atomic E-state index is 5.27. The smallest absolute Gasteiger partial charge is 0.177 e. The van der Waals surface area contributed by atoms with Crippen molar-refractivity contribution in [2.45, 2.75) is 6.42 Å². The van der Waals surface area contributed by atoms with E-state index in [1.165, 1.54) is 0 Å². The third-order valence-corrected chi connectivity index (χ3v) is 4.00. The van der Waals surface area contributed by atoms with Crippen molar-refractivity contribution in [2.24, 2.45) is 0 Å². The summed E-state index contributed by atoms with van der Waals surface area (Å²) in [4.78, 5) is 12.5. The molecule has 0 unspecified atom stereocenters. The molecule has 0 fully saturated rings. The molecule has 2 aromatic carbocycles. The van der Waals surface area contributed by atoms with E-state index < -0.39 is 0 Å². The Kier molecular flexibility index (Phi) is 3.71. The van der Waals surface area contributed by atoms with Gasteiger partial charge in [0, 0.05) is 18.2 Å². The van der Waals surface area contributed by atoms with Gasteiger partial charge in [-0.25, -0.2) is 9.97 Å². The Morgan fingerprint density at radius 2 is 1.83 bits per heavy atom. The topological polar surface area (TPSA) is 50.8 Å². The van der Waals surface area contributed by atoms with Gasteiger partial charge in [-0.05, 0) is 29.3 Å². The summed E-state index contributed by atoms with van der Waals surface area (Å²) in [5.41, 5.74) is 5.08. The molecule has 118 valence electrons. The Balaban J connectivity index is 1.65. The largest absolute Gasteiger partial charge is 0.497 e. The Bertz CT molecular complexity index is 977. The van der Waals surface area contributed by atoms with E-state index in [9.17, 15) is 0 Å². The van der Waals surface area contributed by atoms with Crippen LogP contribution in [0.1, 0.15) is 11.4 Å². The van der Waals surface area contributed by atoms with Crippen LogP contribution in [0.4, 0.5) is 0 Å². The number of nitrogens with zero attached hydrogens (tertiary/aromatic N) is 2. The van der Waals surface area contributed by atoms with Crippen LogP contribution in [-0.4, -0.2) is 22.1 Å². The van der Waals surface area contributed by atoms with Gasteiger partial charge in [0.15, 0.2) is 5.65 Å². The summed E-state index contributed by atoms with van der Waals surface area (Å²) in [6.07, 6.45) is 2.59. The van der Waals surface area contributed by atoms with Crippen molar-refractivity contribution in [1.29, 1.82) is 0 Å². The van der Waals surface area contributed by atoms with Gasteiger partial charge >= 0.3 is 0 Å². The Morgan fingerprint density at radius 1 is 0.958 bits per heavy atom. The van der Waals surface area contributed by atoms with Crippen LogP contribution in [0.5, 0.6) is 5.75 Å². The van der Waals surface area contributed by atoms with E-state index >= 15 is 0 Å². The number of ether oxygens (including phenoxy) is 1. The molecule has 0 radical (unpaired) electrons.